The Morgan fingerprint density at radius 1 is 1.67 bits per heavy atom. The van der Waals surface area contributed by atoms with Crippen LogP contribution >= 0.6 is 7.75 Å². The molecule has 0 saturated carbocycles. The van der Waals surface area contributed by atoms with Crippen LogP contribution in [0.4, 0.5) is 0 Å². The molecule has 0 rings (SSSR count). The molecular weight excluding hydrogens is 107 g/mol. The summed E-state index contributed by atoms with van der Waals surface area (Å²) in [5.74, 6) is 0. The molecule has 6 heteroatoms. The van der Waals surface area contributed by atoms with E-state index in [9.17, 15) is 4.57 Å². The second kappa shape index (κ2) is 1.47. The van der Waals surface area contributed by atoms with Gasteiger partial charge in [0.25, 0.3) is 0 Å². The van der Waals surface area contributed by atoms with E-state index in [1.165, 1.54) is 0 Å². The zero-order valence-corrected chi connectivity index (χ0v) is 3.59. The van der Waals surface area contributed by atoms with E-state index in [1.54, 1.807) is 0 Å². The van der Waals surface area contributed by atoms with E-state index in [2.05, 4.69) is 0 Å². The van der Waals surface area contributed by atoms with Gasteiger partial charge in [0.05, 0.1) is 0 Å². The third-order valence-electron chi connectivity index (χ3n) is 0.130. The van der Waals surface area contributed by atoms with Gasteiger partial charge in [-0.25, -0.2) is 4.57 Å². The monoisotopic (exact) mass is 110 g/mol. The molecule has 0 atom stereocenters. The summed E-state index contributed by atoms with van der Waals surface area (Å²) in [6.45, 7) is 0. The van der Waals surface area contributed by atoms with Crippen molar-refractivity contribution >= 4 is 7.75 Å². The van der Waals surface area contributed by atoms with Gasteiger partial charge in [-0.2, -0.15) is 5.53 Å². The summed E-state index contributed by atoms with van der Waals surface area (Å²) in [6, 6.07) is 0. The largest absolute Gasteiger partial charge is 0.466 e. The fourth-order valence-corrected chi connectivity index (χ4v) is 0. The molecule has 0 heterocycles. The Balaban J connectivity index is 3.81. The molecule has 0 aromatic heterocycles. The average Bonchev–Trinajstić information content (AvgIpc) is 1.35. The fraction of sp³-hybridized carbons (Fsp3) is 0. The van der Waals surface area contributed by atoms with Gasteiger partial charge in [0.1, 0.15) is 0 Å². The van der Waals surface area contributed by atoms with E-state index < -0.39 is 7.75 Å². The van der Waals surface area contributed by atoms with Crippen molar-refractivity contribution in [3.05, 3.63) is 0 Å². The lowest BCUT2D eigenvalue weighted by molar-refractivity contribution is 0.370. The Kier molecular flexibility index (Phi) is 1.40. The van der Waals surface area contributed by atoms with Crippen LogP contribution in [0.25, 0.3) is 0 Å². The van der Waals surface area contributed by atoms with Crippen molar-refractivity contribution in [3.63, 3.8) is 0 Å². The van der Waals surface area contributed by atoms with E-state index in [4.69, 9.17) is 15.3 Å². The third-order valence-corrected chi connectivity index (χ3v) is 0.391. The molecule has 0 bridgehead atoms. The second-order valence-corrected chi connectivity index (χ2v) is 1.84. The van der Waals surface area contributed by atoms with Gasteiger partial charge >= 0.3 is 7.75 Å². The molecular formula is H3N2O3P. The van der Waals surface area contributed by atoms with Crippen molar-refractivity contribution in [2.24, 2.45) is 4.88 Å². The van der Waals surface area contributed by atoms with Gasteiger partial charge in [-0.15, -0.1) is 0 Å². The highest BCUT2D eigenvalue weighted by Gasteiger charge is 2.06. The predicted octanol–water partition coefficient (Wildman–Crippen LogP) is 0.110. The van der Waals surface area contributed by atoms with Crippen LogP contribution in [-0.4, -0.2) is 9.79 Å². The quantitative estimate of drug-likeness (QED) is 0.330. The van der Waals surface area contributed by atoms with E-state index in [0.29, 0.717) is 0 Å². The van der Waals surface area contributed by atoms with E-state index >= 15 is 0 Å². The molecule has 6 heavy (non-hydrogen) atoms. The SMILES string of the molecule is N=NP(=O)(O)O. The normalized spacial score (nSPS) is 11.0. The summed E-state index contributed by atoms with van der Waals surface area (Å²) < 4.78 is 9.34. The Morgan fingerprint density at radius 2 is 1.83 bits per heavy atom. The number of rotatable bonds is 1. The van der Waals surface area contributed by atoms with Crippen LogP contribution in [0.1, 0.15) is 0 Å². The molecule has 0 unspecified atom stereocenters. The molecule has 5 nitrogen and oxygen atoms in total. The van der Waals surface area contributed by atoms with Crippen LogP contribution in [0.5, 0.6) is 0 Å². The van der Waals surface area contributed by atoms with Crippen molar-refractivity contribution in [2.45, 2.75) is 0 Å². The van der Waals surface area contributed by atoms with Gasteiger partial charge in [-0.05, 0) is 0 Å². The minimum absolute atomic E-state index is 1.94. The Labute approximate surface area is 33.7 Å². The maximum absolute atomic E-state index is 9.34. The number of nitrogens with zero attached hydrogens (tertiary/aromatic N) is 1. The molecule has 36 valence electrons. The van der Waals surface area contributed by atoms with Crippen molar-refractivity contribution in [1.29, 1.82) is 5.53 Å². The standard InChI is InChI=1S/H3N2O3P/c1-2-6(3,4)5/h1H,(H2,3,4,5). The Hall–Kier alpha value is -0.250. The first-order chi connectivity index (χ1) is 2.56. The lowest BCUT2D eigenvalue weighted by Crippen LogP contribution is -1.62. The average molecular weight is 110 g/mol. The zero-order valence-electron chi connectivity index (χ0n) is 2.70. The maximum atomic E-state index is 9.34. The van der Waals surface area contributed by atoms with Gasteiger partial charge in [-0.3, -0.25) is 0 Å². The van der Waals surface area contributed by atoms with E-state index in [-0.39, 0.29) is 0 Å². The van der Waals surface area contributed by atoms with Gasteiger partial charge in [0.15, 0.2) is 0 Å². The summed E-state index contributed by atoms with van der Waals surface area (Å²) in [6.07, 6.45) is 0. The molecule has 0 aliphatic heterocycles. The van der Waals surface area contributed by atoms with Crippen LogP contribution < -0.4 is 0 Å². The van der Waals surface area contributed by atoms with Crippen LogP contribution in [0, 0.1) is 5.53 Å². The van der Waals surface area contributed by atoms with Gasteiger partial charge < -0.3 is 9.79 Å². The smallest absolute Gasteiger partial charge is 0.306 e. The highest BCUT2D eigenvalue weighted by molar-refractivity contribution is 7.49. The lowest BCUT2D eigenvalue weighted by Gasteiger charge is -1.84. The minimum atomic E-state index is -4.35. The van der Waals surface area contributed by atoms with Crippen LogP contribution in [0.15, 0.2) is 4.88 Å². The molecule has 0 spiro atoms. The lowest BCUT2D eigenvalue weighted by atomic mass is 13.3. The summed E-state index contributed by atoms with van der Waals surface area (Å²) in [4.78, 5) is 17.1. The topological polar surface area (TPSA) is 93.7 Å². The van der Waals surface area contributed by atoms with Gasteiger partial charge in [0.2, 0.25) is 0 Å². The van der Waals surface area contributed by atoms with E-state index in [0.717, 1.165) is 0 Å². The summed E-state index contributed by atoms with van der Waals surface area (Å²) in [5.41, 5.74) is 5.72. The first kappa shape index (κ1) is 5.75. The number of nitrogens with one attached hydrogen (secondary N) is 1. The molecule has 0 saturated heterocycles. The van der Waals surface area contributed by atoms with Crippen LogP contribution in [-0.2, 0) is 4.57 Å². The molecule has 0 fully saturated rings. The van der Waals surface area contributed by atoms with E-state index in [1.807, 2.05) is 4.88 Å². The van der Waals surface area contributed by atoms with Crippen molar-refractivity contribution in [2.75, 3.05) is 0 Å². The van der Waals surface area contributed by atoms with Crippen LogP contribution in [0.2, 0.25) is 0 Å². The Morgan fingerprint density at radius 3 is 1.83 bits per heavy atom. The molecule has 0 aromatic carbocycles. The minimum Gasteiger partial charge on any atom is -0.306 e. The first-order valence-corrected chi connectivity index (χ1v) is 2.57. The molecule has 0 radical (unpaired) electrons. The summed E-state index contributed by atoms with van der Waals surface area (Å²) in [5, 5.41) is 0. The van der Waals surface area contributed by atoms with Crippen LogP contribution in [0.3, 0.4) is 0 Å². The summed E-state index contributed by atoms with van der Waals surface area (Å²) in [7, 11) is -4.35. The highest BCUT2D eigenvalue weighted by atomic mass is 31.2. The number of hydrogen-bond acceptors (Lipinski definition) is 2. The molecule has 0 amide bonds. The number of hydrogen-bond donors (Lipinski definition) is 3. The molecule has 0 aliphatic carbocycles. The second-order valence-electron chi connectivity index (χ2n) is 0.613. The van der Waals surface area contributed by atoms with Crippen molar-refractivity contribution < 1.29 is 14.4 Å². The predicted molar refractivity (Wildman–Crippen MR) is 17.2 cm³/mol. The third kappa shape index (κ3) is 3.75. The van der Waals surface area contributed by atoms with Gasteiger partial charge in [0, 0.05) is 0 Å². The van der Waals surface area contributed by atoms with Crippen molar-refractivity contribution in [3.8, 4) is 0 Å². The fourth-order valence-electron chi connectivity index (χ4n) is 0. The maximum Gasteiger partial charge on any atom is 0.466 e. The van der Waals surface area contributed by atoms with Gasteiger partial charge in [-0.1, -0.05) is 4.88 Å². The summed E-state index contributed by atoms with van der Waals surface area (Å²) >= 11 is 0. The first-order valence-electron chi connectivity index (χ1n) is 1.01. The zero-order chi connectivity index (χ0) is 5.21. The molecule has 0 aliphatic rings. The molecule has 0 aromatic rings. The van der Waals surface area contributed by atoms with Crippen molar-refractivity contribution in [1.82, 2.24) is 0 Å². The highest BCUT2D eigenvalue weighted by Crippen LogP contribution is 2.34. The molecule has 3 N–H and O–H groups in total. The Bertz CT molecular complexity index is 91.0.